The first-order valence-corrected chi connectivity index (χ1v) is 6.42. The first-order chi connectivity index (χ1) is 8.81. The van der Waals surface area contributed by atoms with Gasteiger partial charge in [0.1, 0.15) is 5.75 Å². The van der Waals surface area contributed by atoms with Crippen molar-refractivity contribution >= 4 is 0 Å². The zero-order valence-electron chi connectivity index (χ0n) is 10.9. The summed E-state index contributed by atoms with van der Waals surface area (Å²) in [5.74, 6) is 0.988. The molecule has 0 amide bonds. The number of nitrogens with one attached hydrogen (secondary N) is 1. The second-order valence-electron chi connectivity index (χ2n) is 4.66. The van der Waals surface area contributed by atoms with E-state index in [2.05, 4.69) is 18.0 Å². The van der Waals surface area contributed by atoms with Gasteiger partial charge in [-0.2, -0.15) is 0 Å². The summed E-state index contributed by atoms with van der Waals surface area (Å²) in [6, 6.07) is 6.40. The first-order valence-electron chi connectivity index (χ1n) is 6.42. The van der Waals surface area contributed by atoms with E-state index in [9.17, 15) is 5.11 Å². The lowest BCUT2D eigenvalue weighted by atomic mass is 9.79. The van der Waals surface area contributed by atoms with Crippen LogP contribution in [0.4, 0.5) is 0 Å². The van der Waals surface area contributed by atoms with E-state index in [1.807, 2.05) is 18.2 Å². The number of ether oxygens (including phenoxy) is 1. The van der Waals surface area contributed by atoms with Crippen molar-refractivity contribution in [3.8, 4) is 5.75 Å². The van der Waals surface area contributed by atoms with Gasteiger partial charge in [-0.3, -0.25) is 0 Å². The fraction of sp³-hybridized carbons (Fsp3) is 0.467. The van der Waals surface area contributed by atoms with Crippen LogP contribution in [0.3, 0.4) is 0 Å². The lowest BCUT2D eigenvalue weighted by Crippen LogP contribution is -2.40. The molecule has 0 saturated heterocycles. The minimum Gasteiger partial charge on any atom is -0.496 e. The summed E-state index contributed by atoms with van der Waals surface area (Å²) >= 11 is 0. The van der Waals surface area contributed by atoms with E-state index in [-0.39, 0.29) is 18.6 Å². The van der Waals surface area contributed by atoms with Gasteiger partial charge in [0.25, 0.3) is 0 Å². The molecule has 1 aromatic rings. The normalized spacial score (nSPS) is 22.3. The first kappa shape index (κ1) is 13.1. The van der Waals surface area contributed by atoms with Gasteiger partial charge >= 0.3 is 0 Å². The Bertz CT molecular complexity index is 403. The quantitative estimate of drug-likeness (QED) is 0.780. The Balaban J connectivity index is 2.32. The number of hydrogen-bond acceptors (Lipinski definition) is 3. The Hall–Kier alpha value is -1.32. The lowest BCUT2D eigenvalue weighted by molar-refractivity contribution is 0.222. The monoisotopic (exact) mass is 247 g/mol. The molecule has 2 N–H and O–H groups in total. The highest BCUT2D eigenvalue weighted by Gasteiger charge is 2.30. The summed E-state index contributed by atoms with van der Waals surface area (Å²) in [4.78, 5) is 0. The molecule has 3 heteroatoms. The molecule has 0 saturated carbocycles. The van der Waals surface area contributed by atoms with Crippen molar-refractivity contribution in [3.05, 3.63) is 42.0 Å². The highest BCUT2D eigenvalue weighted by molar-refractivity contribution is 5.45. The molecule has 0 aliphatic heterocycles. The molecule has 0 bridgehead atoms. The van der Waals surface area contributed by atoms with E-state index in [4.69, 9.17) is 4.74 Å². The lowest BCUT2D eigenvalue weighted by Gasteiger charge is -2.34. The third kappa shape index (κ3) is 2.42. The van der Waals surface area contributed by atoms with Gasteiger partial charge in [0.2, 0.25) is 0 Å². The van der Waals surface area contributed by atoms with Crippen LogP contribution in [0.5, 0.6) is 5.75 Å². The van der Waals surface area contributed by atoms with Gasteiger partial charge in [0.15, 0.2) is 0 Å². The highest BCUT2D eigenvalue weighted by Crippen LogP contribution is 2.37. The molecule has 0 aromatic heterocycles. The number of fused-ring (bicyclic) bond motifs is 1. The van der Waals surface area contributed by atoms with Crippen LogP contribution in [-0.4, -0.2) is 31.4 Å². The molecule has 2 atom stereocenters. The van der Waals surface area contributed by atoms with Crippen LogP contribution < -0.4 is 10.1 Å². The number of aliphatic hydroxyl groups is 1. The van der Waals surface area contributed by atoms with Crippen molar-refractivity contribution in [1.29, 1.82) is 0 Å². The summed E-state index contributed by atoms with van der Waals surface area (Å²) in [5.41, 5.74) is 2.46. The molecule has 0 heterocycles. The number of benzene rings is 1. The van der Waals surface area contributed by atoms with Gasteiger partial charge in [-0.25, -0.2) is 0 Å². The third-order valence-corrected chi connectivity index (χ3v) is 3.68. The van der Waals surface area contributed by atoms with Crippen LogP contribution in [-0.2, 0) is 6.42 Å². The van der Waals surface area contributed by atoms with Crippen LogP contribution in [0.15, 0.2) is 30.9 Å². The van der Waals surface area contributed by atoms with Crippen molar-refractivity contribution < 1.29 is 9.84 Å². The fourth-order valence-electron chi connectivity index (χ4n) is 2.82. The van der Waals surface area contributed by atoms with Crippen molar-refractivity contribution in [3.63, 3.8) is 0 Å². The minimum atomic E-state index is 0.102. The second kappa shape index (κ2) is 6.03. The Labute approximate surface area is 108 Å². The molecular formula is C15H21NO2. The maximum atomic E-state index is 9.71. The molecular weight excluding hydrogens is 226 g/mol. The molecule has 0 unspecified atom stereocenters. The zero-order valence-corrected chi connectivity index (χ0v) is 10.9. The SMILES string of the molecule is C=CCN[C@@H]1CCc2cccc(OC)c2[C@H]1CO. The summed E-state index contributed by atoms with van der Waals surface area (Å²) < 4.78 is 5.44. The summed E-state index contributed by atoms with van der Waals surface area (Å²) in [5, 5.41) is 13.1. The number of aliphatic hydroxyl groups excluding tert-OH is 1. The van der Waals surface area contributed by atoms with Crippen molar-refractivity contribution in [2.45, 2.75) is 24.8 Å². The predicted molar refractivity (Wildman–Crippen MR) is 73.1 cm³/mol. The summed E-state index contributed by atoms with van der Waals surface area (Å²) in [6.45, 7) is 4.63. The molecule has 18 heavy (non-hydrogen) atoms. The van der Waals surface area contributed by atoms with E-state index < -0.39 is 0 Å². The van der Waals surface area contributed by atoms with E-state index >= 15 is 0 Å². The van der Waals surface area contributed by atoms with Crippen LogP contribution in [0.25, 0.3) is 0 Å². The van der Waals surface area contributed by atoms with Crippen LogP contribution in [0.2, 0.25) is 0 Å². The van der Waals surface area contributed by atoms with Crippen molar-refractivity contribution in [1.82, 2.24) is 5.32 Å². The standard InChI is InChI=1S/C15H21NO2/c1-3-9-16-13-8-7-11-5-4-6-14(18-2)15(11)12(13)10-17/h3-6,12-13,16-17H,1,7-10H2,2H3/t12-,13+/m0/s1. The Morgan fingerprint density at radius 1 is 1.56 bits per heavy atom. The third-order valence-electron chi connectivity index (χ3n) is 3.68. The van der Waals surface area contributed by atoms with E-state index in [1.54, 1.807) is 7.11 Å². The fourth-order valence-corrected chi connectivity index (χ4v) is 2.82. The Morgan fingerprint density at radius 2 is 2.39 bits per heavy atom. The summed E-state index contributed by atoms with van der Waals surface area (Å²) in [7, 11) is 1.69. The van der Waals surface area contributed by atoms with Crippen LogP contribution in [0.1, 0.15) is 23.5 Å². The molecule has 3 nitrogen and oxygen atoms in total. The molecule has 2 rings (SSSR count). The van der Waals surface area contributed by atoms with Gasteiger partial charge in [-0.1, -0.05) is 18.2 Å². The number of aryl methyl sites for hydroxylation is 1. The average Bonchev–Trinajstić information content (AvgIpc) is 2.43. The van der Waals surface area contributed by atoms with E-state index in [1.165, 1.54) is 5.56 Å². The molecule has 1 aliphatic rings. The van der Waals surface area contributed by atoms with Crippen molar-refractivity contribution in [2.75, 3.05) is 20.3 Å². The second-order valence-corrected chi connectivity index (χ2v) is 4.66. The molecule has 0 radical (unpaired) electrons. The molecule has 1 aliphatic carbocycles. The van der Waals surface area contributed by atoms with Crippen molar-refractivity contribution in [2.24, 2.45) is 0 Å². The molecule has 98 valence electrons. The molecule has 0 fully saturated rings. The van der Waals surface area contributed by atoms with E-state index in [0.29, 0.717) is 0 Å². The zero-order chi connectivity index (χ0) is 13.0. The maximum absolute atomic E-state index is 9.71. The summed E-state index contributed by atoms with van der Waals surface area (Å²) in [6.07, 6.45) is 3.92. The smallest absolute Gasteiger partial charge is 0.122 e. The largest absolute Gasteiger partial charge is 0.496 e. The molecule has 1 aromatic carbocycles. The number of methoxy groups -OCH3 is 1. The Kier molecular flexibility index (Phi) is 4.39. The van der Waals surface area contributed by atoms with Gasteiger partial charge in [-0.05, 0) is 24.5 Å². The highest BCUT2D eigenvalue weighted by atomic mass is 16.5. The maximum Gasteiger partial charge on any atom is 0.122 e. The van der Waals surface area contributed by atoms with Gasteiger partial charge < -0.3 is 15.2 Å². The number of hydrogen-bond donors (Lipinski definition) is 2. The van der Waals surface area contributed by atoms with Gasteiger partial charge in [-0.15, -0.1) is 6.58 Å². The minimum absolute atomic E-state index is 0.102. The Morgan fingerprint density at radius 3 is 3.06 bits per heavy atom. The van der Waals surface area contributed by atoms with Gasteiger partial charge in [0.05, 0.1) is 13.7 Å². The predicted octanol–water partition coefficient (Wildman–Crippen LogP) is 1.86. The topological polar surface area (TPSA) is 41.5 Å². The van der Waals surface area contributed by atoms with E-state index in [0.717, 1.165) is 30.7 Å². The number of rotatable bonds is 5. The average molecular weight is 247 g/mol. The van der Waals surface area contributed by atoms with Crippen LogP contribution in [0, 0.1) is 0 Å². The van der Waals surface area contributed by atoms with Gasteiger partial charge in [0, 0.05) is 24.1 Å². The van der Waals surface area contributed by atoms with Crippen LogP contribution >= 0.6 is 0 Å². The molecule has 0 spiro atoms.